The van der Waals surface area contributed by atoms with Crippen LogP contribution in [0.4, 0.5) is 0 Å². The summed E-state index contributed by atoms with van der Waals surface area (Å²) in [5, 5.41) is 10.2. The number of aromatic hydroxyl groups is 1. The van der Waals surface area contributed by atoms with Gasteiger partial charge in [-0.05, 0) is 24.5 Å². The summed E-state index contributed by atoms with van der Waals surface area (Å²) in [5.41, 5.74) is 2.19. The van der Waals surface area contributed by atoms with Crippen LogP contribution < -0.4 is 10.3 Å². The van der Waals surface area contributed by atoms with Gasteiger partial charge in [-0.25, -0.2) is 0 Å². The lowest BCUT2D eigenvalue weighted by molar-refractivity contribution is 0.113. The number of likely N-dealkylation sites (tertiary alicyclic amines) is 1. The second kappa shape index (κ2) is 5.98. The monoisotopic (exact) mass is 326 g/mol. The molecule has 1 fully saturated rings. The Morgan fingerprint density at radius 1 is 1.21 bits per heavy atom. The fourth-order valence-corrected chi connectivity index (χ4v) is 4.17. The van der Waals surface area contributed by atoms with Gasteiger partial charge in [0.05, 0.1) is 7.11 Å². The van der Waals surface area contributed by atoms with Crippen molar-refractivity contribution >= 4 is 0 Å². The van der Waals surface area contributed by atoms with Gasteiger partial charge < -0.3 is 14.4 Å². The van der Waals surface area contributed by atoms with Crippen LogP contribution in [-0.2, 0) is 13.1 Å². The third-order valence-electron chi connectivity index (χ3n) is 5.24. The molecule has 1 aromatic heterocycles. The third-order valence-corrected chi connectivity index (χ3v) is 5.24. The molecule has 3 heterocycles. The first-order valence-corrected chi connectivity index (χ1v) is 8.42. The number of nitrogens with zero attached hydrogens (tertiary/aromatic N) is 2. The Morgan fingerprint density at radius 2 is 2.08 bits per heavy atom. The highest BCUT2D eigenvalue weighted by atomic mass is 16.5. The summed E-state index contributed by atoms with van der Waals surface area (Å²) in [7, 11) is 1.60. The Balaban J connectivity index is 1.55. The summed E-state index contributed by atoms with van der Waals surface area (Å²) in [6.45, 7) is 3.41. The summed E-state index contributed by atoms with van der Waals surface area (Å²) in [6.07, 6.45) is 1.15. The zero-order valence-corrected chi connectivity index (χ0v) is 13.8. The first-order valence-electron chi connectivity index (χ1n) is 8.42. The van der Waals surface area contributed by atoms with Gasteiger partial charge in [0.2, 0.25) is 0 Å². The molecule has 0 amide bonds. The summed E-state index contributed by atoms with van der Waals surface area (Å²) in [5.74, 6) is 1.84. The van der Waals surface area contributed by atoms with Crippen LogP contribution in [0.1, 0.15) is 23.6 Å². The number of hydrogen-bond acceptors (Lipinski definition) is 4. The number of fused-ring (bicyclic) bond motifs is 4. The lowest BCUT2D eigenvalue weighted by Crippen LogP contribution is -2.46. The quantitative estimate of drug-likeness (QED) is 0.939. The van der Waals surface area contributed by atoms with Gasteiger partial charge >= 0.3 is 0 Å². The number of aromatic nitrogens is 1. The molecule has 4 rings (SSSR count). The second-order valence-electron chi connectivity index (χ2n) is 6.89. The molecular formula is C19H22N2O3. The zero-order valence-electron chi connectivity index (χ0n) is 13.8. The number of piperidine rings is 1. The first-order chi connectivity index (χ1) is 11.6. The largest absolute Gasteiger partial charge is 0.507 e. The van der Waals surface area contributed by atoms with E-state index in [0.717, 1.165) is 43.9 Å². The summed E-state index contributed by atoms with van der Waals surface area (Å²) >= 11 is 0. The summed E-state index contributed by atoms with van der Waals surface area (Å²) < 4.78 is 7.09. The Kier molecular flexibility index (Phi) is 3.81. The van der Waals surface area contributed by atoms with Crippen molar-refractivity contribution in [3.05, 3.63) is 58.0 Å². The van der Waals surface area contributed by atoms with Crippen LogP contribution in [0, 0.1) is 5.92 Å². The van der Waals surface area contributed by atoms with Crippen LogP contribution in [0.25, 0.3) is 0 Å². The molecule has 5 heteroatoms. The molecule has 2 aliphatic rings. The highest BCUT2D eigenvalue weighted by Crippen LogP contribution is 2.36. The Bertz CT molecular complexity index is 814. The van der Waals surface area contributed by atoms with Crippen LogP contribution in [0.2, 0.25) is 0 Å². The maximum absolute atomic E-state index is 12.1. The number of rotatable bonds is 3. The average Bonchev–Trinajstić information content (AvgIpc) is 2.58. The van der Waals surface area contributed by atoms with Gasteiger partial charge in [-0.2, -0.15) is 0 Å². The number of pyridine rings is 1. The van der Waals surface area contributed by atoms with E-state index < -0.39 is 0 Å². The summed E-state index contributed by atoms with van der Waals surface area (Å²) in [6, 6.07) is 11.1. The van der Waals surface area contributed by atoms with Crippen LogP contribution >= 0.6 is 0 Å². The van der Waals surface area contributed by atoms with Crippen molar-refractivity contribution in [2.75, 3.05) is 20.2 Å². The van der Waals surface area contributed by atoms with Gasteiger partial charge in [0.25, 0.3) is 5.56 Å². The van der Waals surface area contributed by atoms with Gasteiger partial charge in [0.15, 0.2) is 0 Å². The minimum atomic E-state index is 0.114. The van der Waals surface area contributed by atoms with E-state index in [4.69, 9.17) is 4.74 Å². The van der Waals surface area contributed by atoms with Gasteiger partial charge in [0, 0.05) is 55.5 Å². The molecule has 24 heavy (non-hydrogen) atoms. The van der Waals surface area contributed by atoms with Crippen molar-refractivity contribution in [2.45, 2.75) is 25.4 Å². The maximum Gasteiger partial charge on any atom is 0.250 e. The predicted octanol–water partition coefficient (Wildman–Crippen LogP) is 2.18. The van der Waals surface area contributed by atoms with E-state index in [9.17, 15) is 9.90 Å². The minimum Gasteiger partial charge on any atom is -0.507 e. The van der Waals surface area contributed by atoms with Gasteiger partial charge in [0.1, 0.15) is 11.5 Å². The van der Waals surface area contributed by atoms with E-state index in [0.29, 0.717) is 17.6 Å². The maximum atomic E-state index is 12.1. The first kappa shape index (κ1) is 15.3. The number of phenols is 1. The van der Waals surface area contributed by atoms with Crippen molar-refractivity contribution in [3.8, 4) is 11.5 Å². The Labute approximate surface area is 141 Å². The second-order valence-corrected chi connectivity index (χ2v) is 6.89. The molecule has 1 aromatic carbocycles. The van der Waals surface area contributed by atoms with Gasteiger partial charge in [-0.15, -0.1) is 0 Å². The molecule has 0 aliphatic carbocycles. The van der Waals surface area contributed by atoms with Crippen LogP contribution in [0.5, 0.6) is 11.5 Å². The fourth-order valence-electron chi connectivity index (χ4n) is 4.17. The van der Waals surface area contributed by atoms with Gasteiger partial charge in [-0.1, -0.05) is 12.1 Å². The Hall–Kier alpha value is -2.27. The van der Waals surface area contributed by atoms with Crippen molar-refractivity contribution in [2.24, 2.45) is 5.92 Å². The van der Waals surface area contributed by atoms with E-state index >= 15 is 0 Å². The van der Waals surface area contributed by atoms with Crippen LogP contribution in [-0.4, -0.2) is 34.8 Å². The highest BCUT2D eigenvalue weighted by Gasteiger charge is 2.34. The molecule has 126 valence electrons. The highest BCUT2D eigenvalue weighted by molar-refractivity contribution is 5.39. The molecule has 0 unspecified atom stereocenters. The fraction of sp³-hybridized carbons (Fsp3) is 0.421. The third kappa shape index (κ3) is 2.69. The zero-order chi connectivity index (χ0) is 16.7. The van der Waals surface area contributed by atoms with E-state index in [2.05, 4.69) is 11.0 Å². The molecule has 0 saturated carbocycles. The predicted molar refractivity (Wildman–Crippen MR) is 91.5 cm³/mol. The molecular weight excluding hydrogens is 304 g/mol. The van der Waals surface area contributed by atoms with Crippen LogP contribution in [0.15, 0.2) is 41.2 Å². The number of hydrogen-bond donors (Lipinski definition) is 1. The SMILES string of the molecule is COc1ccc(CN2C[C@H]3C[C@@H](C2)c2cccc(=O)n2C3)c(O)c1. The van der Waals surface area contributed by atoms with Crippen LogP contribution in [0.3, 0.4) is 0 Å². The molecule has 5 nitrogen and oxygen atoms in total. The van der Waals surface area contributed by atoms with E-state index in [1.54, 1.807) is 19.2 Å². The minimum absolute atomic E-state index is 0.114. The molecule has 2 atom stereocenters. The normalized spacial score (nSPS) is 22.9. The van der Waals surface area contributed by atoms with Crippen molar-refractivity contribution < 1.29 is 9.84 Å². The van der Waals surface area contributed by atoms with E-state index in [1.165, 1.54) is 0 Å². The molecule has 1 N–H and O–H groups in total. The summed E-state index contributed by atoms with van der Waals surface area (Å²) in [4.78, 5) is 14.5. The standard InChI is InChI=1S/C19H22N2O3/c1-24-16-6-5-14(18(22)8-16)11-20-9-13-7-15(12-20)17-3-2-4-19(23)21(17)10-13/h2-6,8,13,15,22H,7,9-12H2,1H3/t13-,15+/m1/s1. The van der Waals surface area contributed by atoms with E-state index in [1.807, 2.05) is 22.8 Å². The van der Waals surface area contributed by atoms with Crippen molar-refractivity contribution in [1.29, 1.82) is 0 Å². The molecule has 1 saturated heterocycles. The van der Waals surface area contributed by atoms with Crippen molar-refractivity contribution in [3.63, 3.8) is 0 Å². The molecule has 2 aromatic rings. The van der Waals surface area contributed by atoms with E-state index in [-0.39, 0.29) is 11.3 Å². The average molecular weight is 326 g/mol. The molecule has 0 spiro atoms. The number of methoxy groups -OCH3 is 1. The lowest BCUT2D eigenvalue weighted by atomic mass is 9.83. The Morgan fingerprint density at radius 3 is 2.88 bits per heavy atom. The number of ether oxygens (including phenoxy) is 1. The molecule has 2 bridgehead atoms. The lowest BCUT2D eigenvalue weighted by Gasteiger charge is -2.42. The van der Waals surface area contributed by atoms with Gasteiger partial charge in [-0.3, -0.25) is 9.69 Å². The smallest absolute Gasteiger partial charge is 0.250 e. The van der Waals surface area contributed by atoms with Crippen molar-refractivity contribution in [1.82, 2.24) is 9.47 Å². The molecule has 0 radical (unpaired) electrons. The number of phenolic OH excluding ortho intramolecular Hbond substituents is 1. The number of benzene rings is 1. The molecule has 2 aliphatic heterocycles. The topological polar surface area (TPSA) is 54.7 Å².